The molecule has 0 unspecified atom stereocenters. The molecule has 2 atom stereocenters. The molecule has 2 aromatic rings. The number of benzene rings is 2. The Labute approximate surface area is 174 Å². The molecular weight excluding hydrogens is 356 g/mol. The van der Waals surface area contributed by atoms with E-state index in [1.807, 2.05) is 6.92 Å². The first-order valence-corrected chi connectivity index (χ1v) is 10.9. The number of fused-ring (bicyclic) bond motifs is 1. The molecule has 3 heteroatoms. The number of hydrogen-bond acceptors (Lipinski definition) is 2. The van der Waals surface area contributed by atoms with E-state index in [1.54, 1.807) is 0 Å². The summed E-state index contributed by atoms with van der Waals surface area (Å²) >= 11 is 0. The van der Waals surface area contributed by atoms with E-state index in [-0.39, 0.29) is 17.2 Å². The number of aryl methyl sites for hydroxylation is 2. The summed E-state index contributed by atoms with van der Waals surface area (Å²) < 4.78 is 0. The SMILES string of the molecule is C/C(=N\NC(=O)[C@@H]1C[C@H]1c1ccc(C(C)(C)C)cc1)c1ccc2c(c1)CCCC2. The monoisotopic (exact) mass is 388 g/mol. The van der Waals surface area contributed by atoms with Crippen LogP contribution in [0.2, 0.25) is 0 Å². The summed E-state index contributed by atoms with van der Waals surface area (Å²) in [4.78, 5) is 12.6. The molecule has 0 radical (unpaired) electrons. The first kappa shape index (κ1) is 19.9. The third-order valence-corrected chi connectivity index (χ3v) is 6.43. The van der Waals surface area contributed by atoms with Crippen molar-refractivity contribution in [3.63, 3.8) is 0 Å². The lowest BCUT2D eigenvalue weighted by Crippen LogP contribution is -2.21. The van der Waals surface area contributed by atoms with Gasteiger partial charge in [-0.3, -0.25) is 4.79 Å². The van der Waals surface area contributed by atoms with Crippen molar-refractivity contribution in [2.75, 3.05) is 0 Å². The molecule has 3 nitrogen and oxygen atoms in total. The highest BCUT2D eigenvalue weighted by Crippen LogP contribution is 2.47. The van der Waals surface area contributed by atoms with Crippen molar-refractivity contribution in [2.45, 2.75) is 71.1 Å². The van der Waals surface area contributed by atoms with Gasteiger partial charge in [0.15, 0.2) is 0 Å². The van der Waals surface area contributed by atoms with Crippen LogP contribution >= 0.6 is 0 Å². The number of rotatable bonds is 4. The van der Waals surface area contributed by atoms with Crippen molar-refractivity contribution in [3.05, 3.63) is 70.3 Å². The van der Waals surface area contributed by atoms with Gasteiger partial charge >= 0.3 is 0 Å². The summed E-state index contributed by atoms with van der Waals surface area (Å²) in [6.45, 7) is 8.63. The Morgan fingerprint density at radius 3 is 2.38 bits per heavy atom. The molecule has 0 aliphatic heterocycles. The van der Waals surface area contributed by atoms with Crippen molar-refractivity contribution < 1.29 is 4.79 Å². The minimum absolute atomic E-state index is 0.0345. The Hall–Kier alpha value is -2.42. The van der Waals surface area contributed by atoms with E-state index >= 15 is 0 Å². The topological polar surface area (TPSA) is 41.5 Å². The van der Waals surface area contributed by atoms with E-state index in [2.05, 4.69) is 73.8 Å². The summed E-state index contributed by atoms with van der Waals surface area (Å²) in [6, 6.07) is 15.4. The maximum atomic E-state index is 12.6. The number of amides is 1. The molecule has 4 rings (SSSR count). The van der Waals surface area contributed by atoms with Crippen LogP contribution in [0.3, 0.4) is 0 Å². The largest absolute Gasteiger partial charge is 0.273 e. The zero-order valence-electron chi connectivity index (χ0n) is 18.1. The van der Waals surface area contributed by atoms with Crippen LogP contribution in [0.1, 0.15) is 80.7 Å². The van der Waals surface area contributed by atoms with Gasteiger partial charge in [-0.25, -0.2) is 5.43 Å². The van der Waals surface area contributed by atoms with Crippen LogP contribution in [0, 0.1) is 5.92 Å². The zero-order chi connectivity index (χ0) is 20.6. The molecule has 0 aromatic heterocycles. The molecule has 2 aliphatic carbocycles. The summed E-state index contributed by atoms with van der Waals surface area (Å²) in [6.07, 6.45) is 5.80. The van der Waals surface area contributed by atoms with Crippen molar-refractivity contribution in [1.29, 1.82) is 0 Å². The molecular formula is C26H32N2O. The van der Waals surface area contributed by atoms with Crippen LogP contribution in [0.4, 0.5) is 0 Å². The van der Waals surface area contributed by atoms with Gasteiger partial charge in [0.2, 0.25) is 5.91 Å². The molecule has 0 spiro atoms. The lowest BCUT2D eigenvalue weighted by molar-refractivity contribution is -0.122. The number of hydrogen-bond donors (Lipinski definition) is 1. The molecule has 0 bridgehead atoms. The second-order valence-electron chi connectivity index (χ2n) is 9.68. The fraction of sp³-hybridized carbons (Fsp3) is 0.462. The molecule has 29 heavy (non-hydrogen) atoms. The van der Waals surface area contributed by atoms with E-state index in [4.69, 9.17) is 0 Å². The molecule has 0 heterocycles. The highest BCUT2D eigenvalue weighted by molar-refractivity contribution is 5.99. The third-order valence-electron chi connectivity index (χ3n) is 6.43. The number of carbonyl (C=O) groups excluding carboxylic acids is 1. The van der Waals surface area contributed by atoms with Crippen LogP contribution in [-0.2, 0) is 23.1 Å². The highest BCUT2D eigenvalue weighted by Gasteiger charge is 2.44. The average Bonchev–Trinajstić information content (AvgIpc) is 3.52. The van der Waals surface area contributed by atoms with Crippen molar-refractivity contribution >= 4 is 11.6 Å². The highest BCUT2D eigenvalue weighted by atomic mass is 16.2. The van der Waals surface area contributed by atoms with Gasteiger partial charge in [-0.1, -0.05) is 57.2 Å². The van der Waals surface area contributed by atoms with Gasteiger partial charge < -0.3 is 0 Å². The number of nitrogens with one attached hydrogen (secondary N) is 1. The van der Waals surface area contributed by atoms with E-state index in [0.29, 0.717) is 5.92 Å². The molecule has 152 valence electrons. The average molecular weight is 389 g/mol. The second kappa shape index (κ2) is 7.78. The quantitative estimate of drug-likeness (QED) is 0.545. The lowest BCUT2D eigenvalue weighted by Gasteiger charge is -2.19. The van der Waals surface area contributed by atoms with Crippen LogP contribution in [0.25, 0.3) is 0 Å². The van der Waals surface area contributed by atoms with Gasteiger partial charge in [0.1, 0.15) is 0 Å². The van der Waals surface area contributed by atoms with E-state index in [0.717, 1.165) is 24.1 Å². The molecule has 1 saturated carbocycles. The van der Waals surface area contributed by atoms with Crippen LogP contribution in [0.5, 0.6) is 0 Å². The summed E-state index contributed by atoms with van der Waals surface area (Å²) in [5, 5.41) is 4.40. The number of hydrazone groups is 1. The van der Waals surface area contributed by atoms with Crippen LogP contribution in [-0.4, -0.2) is 11.6 Å². The van der Waals surface area contributed by atoms with Crippen molar-refractivity contribution in [3.8, 4) is 0 Å². The summed E-state index contributed by atoms with van der Waals surface area (Å²) in [5.41, 5.74) is 10.4. The van der Waals surface area contributed by atoms with E-state index in [9.17, 15) is 4.79 Å². The van der Waals surface area contributed by atoms with Gasteiger partial charge in [-0.05, 0) is 84.2 Å². The van der Waals surface area contributed by atoms with E-state index in [1.165, 1.54) is 41.5 Å². The Balaban J connectivity index is 1.36. The first-order valence-electron chi connectivity index (χ1n) is 10.9. The van der Waals surface area contributed by atoms with Gasteiger partial charge in [0.25, 0.3) is 0 Å². The number of nitrogens with zero attached hydrogens (tertiary/aromatic N) is 1. The van der Waals surface area contributed by atoms with Gasteiger partial charge in [0, 0.05) is 5.92 Å². The molecule has 1 N–H and O–H groups in total. The molecule has 1 amide bonds. The normalized spacial score (nSPS) is 21.4. The summed E-state index contributed by atoms with van der Waals surface area (Å²) in [5.74, 6) is 0.394. The Bertz CT molecular complexity index is 934. The zero-order valence-corrected chi connectivity index (χ0v) is 18.1. The Morgan fingerprint density at radius 2 is 1.69 bits per heavy atom. The Kier molecular flexibility index (Phi) is 5.33. The second-order valence-corrected chi connectivity index (χ2v) is 9.68. The van der Waals surface area contributed by atoms with Crippen LogP contribution in [0.15, 0.2) is 47.6 Å². The fourth-order valence-electron chi connectivity index (χ4n) is 4.33. The predicted molar refractivity (Wildman–Crippen MR) is 119 cm³/mol. The molecule has 0 saturated heterocycles. The maximum absolute atomic E-state index is 12.6. The molecule has 2 aliphatic rings. The smallest absolute Gasteiger partial charge is 0.243 e. The molecule has 2 aromatic carbocycles. The standard InChI is InChI=1S/C26H32N2O/c1-17(20-10-9-18-7-5-6-8-21(18)15-20)27-28-25(29)24-16-23(24)19-11-13-22(14-12-19)26(2,3)4/h9-15,23-24H,5-8,16H2,1-4H3,(H,28,29)/b27-17+/t23-,24+/m0/s1. The first-order chi connectivity index (χ1) is 13.8. The van der Waals surface area contributed by atoms with Crippen molar-refractivity contribution in [2.24, 2.45) is 11.0 Å². The maximum Gasteiger partial charge on any atom is 0.243 e. The van der Waals surface area contributed by atoms with Gasteiger partial charge in [0.05, 0.1) is 5.71 Å². The predicted octanol–water partition coefficient (Wildman–Crippen LogP) is 5.51. The van der Waals surface area contributed by atoms with Gasteiger partial charge in [-0.2, -0.15) is 5.10 Å². The van der Waals surface area contributed by atoms with Crippen molar-refractivity contribution in [1.82, 2.24) is 5.43 Å². The summed E-state index contributed by atoms with van der Waals surface area (Å²) in [7, 11) is 0. The number of carbonyl (C=O) groups is 1. The van der Waals surface area contributed by atoms with Crippen LogP contribution < -0.4 is 5.43 Å². The lowest BCUT2D eigenvalue weighted by atomic mass is 9.86. The third kappa shape index (κ3) is 4.44. The Morgan fingerprint density at radius 1 is 1.00 bits per heavy atom. The van der Waals surface area contributed by atoms with E-state index < -0.39 is 0 Å². The van der Waals surface area contributed by atoms with Gasteiger partial charge in [-0.15, -0.1) is 0 Å². The fourth-order valence-corrected chi connectivity index (χ4v) is 4.33. The minimum atomic E-state index is 0.0345. The minimum Gasteiger partial charge on any atom is -0.273 e. The molecule has 1 fully saturated rings.